The van der Waals surface area contributed by atoms with E-state index in [2.05, 4.69) is 59.9 Å². The third-order valence-electron chi connectivity index (χ3n) is 3.63. The number of benzene rings is 2. The van der Waals surface area contributed by atoms with Crippen molar-refractivity contribution in [2.24, 2.45) is 5.73 Å². The van der Waals surface area contributed by atoms with E-state index in [1.54, 1.807) is 0 Å². The van der Waals surface area contributed by atoms with Crippen molar-refractivity contribution in [3.63, 3.8) is 0 Å². The standard InChI is InChI=1S/C17H20BrClN2/c1-11-6-12(2)8-14(7-11)21(3)17(10-20)13-4-5-16(19)15(18)9-13/h4-9,17H,10,20H2,1-3H3. The summed E-state index contributed by atoms with van der Waals surface area (Å²) in [6.07, 6.45) is 0. The summed E-state index contributed by atoms with van der Waals surface area (Å²) in [5.74, 6) is 0. The largest absolute Gasteiger partial charge is 0.366 e. The molecule has 0 aliphatic rings. The molecule has 0 fully saturated rings. The van der Waals surface area contributed by atoms with Crippen LogP contribution in [-0.4, -0.2) is 13.6 Å². The molecule has 2 N–H and O–H groups in total. The second-order valence-corrected chi connectivity index (χ2v) is 6.64. The molecule has 2 nitrogen and oxygen atoms in total. The van der Waals surface area contributed by atoms with Crippen molar-refractivity contribution in [3.05, 3.63) is 62.6 Å². The van der Waals surface area contributed by atoms with Crippen LogP contribution >= 0.6 is 27.5 Å². The first kappa shape index (κ1) is 16.3. The van der Waals surface area contributed by atoms with Crippen molar-refractivity contribution in [2.75, 3.05) is 18.5 Å². The molecule has 0 saturated heterocycles. The summed E-state index contributed by atoms with van der Waals surface area (Å²) in [6.45, 7) is 4.76. The molecular formula is C17H20BrClN2. The van der Waals surface area contributed by atoms with Crippen molar-refractivity contribution in [1.82, 2.24) is 0 Å². The quantitative estimate of drug-likeness (QED) is 0.836. The normalized spacial score (nSPS) is 12.3. The van der Waals surface area contributed by atoms with Gasteiger partial charge in [-0.15, -0.1) is 0 Å². The number of aryl methyl sites for hydroxylation is 2. The molecule has 0 saturated carbocycles. The van der Waals surface area contributed by atoms with Gasteiger partial charge in [-0.2, -0.15) is 0 Å². The van der Waals surface area contributed by atoms with Gasteiger partial charge in [-0.3, -0.25) is 0 Å². The molecule has 21 heavy (non-hydrogen) atoms. The van der Waals surface area contributed by atoms with Crippen LogP contribution in [0.1, 0.15) is 22.7 Å². The predicted octanol–water partition coefficient (Wildman–Crippen LogP) is 4.86. The maximum absolute atomic E-state index is 6.07. The highest BCUT2D eigenvalue weighted by Gasteiger charge is 2.17. The molecule has 112 valence electrons. The van der Waals surface area contributed by atoms with Crippen LogP contribution in [0.2, 0.25) is 5.02 Å². The lowest BCUT2D eigenvalue weighted by Gasteiger charge is -2.30. The number of halogens is 2. The summed E-state index contributed by atoms with van der Waals surface area (Å²) >= 11 is 9.56. The average Bonchev–Trinajstić information content (AvgIpc) is 2.42. The van der Waals surface area contributed by atoms with Gasteiger partial charge >= 0.3 is 0 Å². The van der Waals surface area contributed by atoms with Gasteiger partial charge in [0.25, 0.3) is 0 Å². The van der Waals surface area contributed by atoms with E-state index in [4.69, 9.17) is 17.3 Å². The number of likely N-dealkylation sites (N-methyl/N-ethyl adjacent to an activating group) is 1. The van der Waals surface area contributed by atoms with E-state index < -0.39 is 0 Å². The highest BCUT2D eigenvalue weighted by molar-refractivity contribution is 9.10. The van der Waals surface area contributed by atoms with E-state index in [-0.39, 0.29) is 6.04 Å². The minimum Gasteiger partial charge on any atom is -0.366 e. The van der Waals surface area contributed by atoms with Gasteiger partial charge in [0.2, 0.25) is 0 Å². The zero-order chi connectivity index (χ0) is 15.6. The Bertz CT molecular complexity index is 622. The van der Waals surface area contributed by atoms with Crippen LogP contribution < -0.4 is 10.6 Å². The minimum atomic E-state index is 0.111. The minimum absolute atomic E-state index is 0.111. The number of anilines is 1. The number of hydrogen-bond donors (Lipinski definition) is 1. The fraction of sp³-hybridized carbons (Fsp3) is 0.294. The third-order valence-corrected chi connectivity index (χ3v) is 4.85. The van der Waals surface area contributed by atoms with Gasteiger partial charge in [0.1, 0.15) is 0 Å². The highest BCUT2D eigenvalue weighted by Crippen LogP contribution is 2.30. The van der Waals surface area contributed by atoms with Gasteiger partial charge in [0.15, 0.2) is 0 Å². The summed E-state index contributed by atoms with van der Waals surface area (Å²) in [7, 11) is 2.08. The van der Waals surface area contributed by atoms with E-state index in [1.807, 2.05) is 18.2 Å². The Morgan fingerprint density at radius 3 is 2.29 bits per heavy atom. The molecule has 0 aromatic heterocycles. The van der Waals surface area contributed by atoms with Crippen LogP contribution in [0.15, 0.2) is 40.9 Å². The van der Waals surface area contributed by atoms with Crippen LogP contribution in [0.4, 0.5) is 5.69 Å². The van der Waals surface area contributed by atoms with Gasteiger partial charge in [-0.25, -0.2) is 0 Å². The number of nitrogens with zero attached hydrogens (tertiary/aromatic N) is 1. The van der Waals surface area contributed by atoms with Crippen molar-refractivity contribution in [3.8, 4) is 0 Å². The maximum Gasteiger partial charge on any atom is 0.0661 e. The summed E-state index contributed by atoms with van der Waals surface area (Å²) in [5, 5.41) is 0.712. The monoisotopic (exact) mass is 366 g/mol. The van der Waals surface area contributed by atoms with E-state index in [1.165, 1.54) is 16.8 Å². The lowest BCUT2D eigenvalue weighted by Crippen LogP contribution is -2.30. The first-order chi connectivity index (χ1) is 9.92. The first-order valence-electron chi connectivity index (χ1n) is 6.88. The van der Waals surface area contributed by atoms with E-state index in [0.717, 1.165) is 10.0 Å². The maximum atomic E-state index is 6.07. The summed E-state index contributed by atoms with van der Waals surface area (Å²) < 4.78 is 0.897. The fourth-order valence-electron chi connectivity index (χ4n) is 2.57. The Kier molecular flexibility index (Phi) is 5.31. The summed E-state index contributed by atoms with van der Waals surface area (Å²) in [4.78, 5) is 2.22. The first-order valence-corrected chi connectivity index (χ1v) is 8.05. The van der Waals surface area contributed by atoms with Gasteiger partial charge in [-0.05, 0) is 70.7 Å². The van der Waals surface area contributed by atoms with Crippen molar-refractivity contribution in [1.29, 1.82) is 0 Å². The van der Waals surface area contributed by atoms with Crippen molar-refractivity contribution in [2.45, 2.75) is 19.9 Å². The molecular weight excluding hydrogens is 348 g/mol. The van der Waals surface area contributed by atoms with Crippen LogP contribution in [0, 0.1) is 13.8 Å². The number of hydrogen-bond acceptors (Lipinski definition) is 2. The molecule has 0 aliphatic heterocycles. The Labute approximate surface area is 140 Å². The van der Waals surface area contributed by atoms with Crippen LogP contribution in [-0.2, 0) is 0 Å². The Balaban J connectivity index is 2.37. The summed E-state index contributed by atoms with van der Waals surface area (Å²) in [5.41, 5.74) is 10.8. The zero-order valence-electron chi connectivity index (χ0n) is 12.5. The molecule has 0 amide bonds. The molecule has 0 radical (unpaired) electrons. The molecule has 2 aromatic rings. The molecule has 0 spiro atoms. The lowest BCUT2D eigenvalue weighted by molar-refractivity contribution is 0.680. The average molecular weight is 368 g/mol. The number of rotatable bonds is 4. The molecule has 2 aromatic carbocycles. The van der Waals surface area contributed by atoms with Crippen molar-refractivity contribution < 1.29 is 0 Å². The Morgan fingerprint density at radius 2 is 1.76 bits per heavy atom. The van der Waals surface area contributed by atoms with Crippen LogP contribution in [0.5, 0.6) is 0 Å². The summed E-state index contributed by atoms with van der Waals surface area (Å²) in [6, 6.07) is 12.6. The second-order valence-electron chi connectivity index (χ2n) is 5.38. The van der Waals surface area contributed by atoms with Crippen molar-refractivity contribution >= 4 is 33.2 Å². The molecule has 2 rings (SSSR count). The van der Waals surface area contributed by atoms with E-state index in [0.29, 0.717) is 11.6 Å². The smallest absolute Gasteiger partial charge is 0.0661 e. The van der Waals surface area contributed by atoms with E-state index in [9.17, 15) is 0 Å². The number of nitrogens with two attached hydrogens (primary N) is 1. The molecule has 1 unspecified atom stereocenters. The van der Waals surface area contributed by atoms with Crippen LogP contribution in [0.3, 0.4) is 0 Å². The topological polar surface area (TPSA) is 29.3 Å². The highest BCUT2D eigenvalue weighted by atomic mass is 79.9. The van der Waals surface area contributed by atoms with Gasteiger partial charge in [0, 0.05) is 23.8 Å². The SMILES string of the molecule is Cc1cc(C)cc(N(C)C(CN)c2ccc(Cl)c(Br)c2)c1. The predicted molar refractivity (Wildman–Crippen MR) is 95.3 cm³/mol. The van der Waals surface area contributed by atoms with Crippen LogP contribution in [0.25, 0.3) is 0 Å². The molecule has 0 aliphatic carbocycles. The third kappa shape index (κ3) is 3.79. The zero-order valence-corrected chi connectivity index (χ0v) is 14.9. The lowest BCUT2D eigenvalue weighted by atomic mass is 10.0. The molecule has 0 bridgehead atoms. The Hall–Kier alpha value is -1.03. The molecule has 4 heteroatoms. The Morgan fingerprint density at radius 1 is 1.14 bits per heavy atom. The fourth-order valence-corrected chi connectivity index (χ4v) is 3.09. The molecule has 1 atom stereocenters. The van der Waals surface area contributed by atoms with Gasteiger partial charge in [-0.1, -0.05) is 23.7 Å². The van der Waals surface area contributed by atoms with Gasteiger partial charge < -0.3 is 10.6 Å². The van der Waals surface area contributed by atoms with Gasteiger partial charge in [0.05, 0.1) is 11.1 Å². The van der Waals surface area contributed by atoms with E-state index >= 15 is 0 Å². The molecule has 0 heterocycles. The second kappa shape index (κ2) is 6.82.